The van der Waals surface area contributed by atoms with Crippen molar-refractivity contribution in [2.45, 2.75) is 31.9 Å². The summed E-state index contributed by atoms with van der Waals surface area (Å²) in [6, 6.07) is 6.29. The topological polar surface area (TPSA) is 97.0 Å². The van der Waals surface area contributed by atoms with Crippen molar-refractivity contribution in [2.75, 3.05) is 6.61 Å². The van der Waals surface area contributed by atoms with Crippen molar-refractivity contribution < 1.29 is 23.9 Å². The number of amides is 4. The van der Waals surface area contributed by atoms with Crippen molar-refractivity contribution in [2.24, 2.45) is 0 Å². The molecule has 2 aliphatic rings. The SMILES string of the molecule is CCC1(C)NC(=O)N(NC(=O)C2COc3ccccc3O2)C1=O. The second-order valence-corrected chi connectivity index (χ2v) is 5.60. The van der Waals surface area contributed by atoms with Crippen LogP contribution in [0.4, 0.5) is 4.79 Å². The molecule has 4 amide bonds. The zero-order valence-electron chi connectivity index (χ0n) is 12.8. The van der Waals surface area contributed by atoms with Gasteiger partial charge in [-0.2, -0.15) is 5.01 Å². The minimum absolute atomic E-state index is 0.00244. The van der Waals surface area contributed by atoms with Crippen molar-refractivity contribution in [3.8, 4) is 11.5 Å². The highest BCUT2D eigenvalue weighted by atomic mass is 16.6. The number of carbonyl (C=O) groups is 3. The molecule has 3 rings (SSSR count). The van der Waals surface area contributed by atoms with Crippen LogP contribution in [0, 0.1) is 0 Å². The van der Waals surface area contributed by atoms with Crippen LogP contribution in [-0.4, -0.2) is 41.1 Å². The molecule has 0 aliphatic carbocycles. The molecule has 0 saturated carbocycles. The summed E-state index contributed by atoms with van der Waals surface area (Å²) in [5.74, 6) is -0.140. The molecule has 8 nitrogen and oxygen atoms in total. The lowest BCUT2D eigenvalue weighted by Gasteiger charge is -2.27. The third kappa shape index (κ3) is 2.56. The quantitative estimate of drug-likeness (QED) is 0.794. The molecule has 0 aromatic heterocycles. The van der Waals surface area contributed by atoms with Crippen LogP contribution >= 0.6 is 0 Å². The fourth-order valence-electron chi connectivity index (χ4n) is 2.36. The van der Waals surface area contributed by atoms with E-state index in [0.29, 0.717) is 22.9 Å². The third-order valence-corrected chi connectivity index (χ3v) is 3.99. The number of benzene rings is 1. The Balaban J connectivity index is 1.69. The number of para-hydroxylation sites is 2. The molecule has 0 spiro atoms. The maximum atomic E-state index is 12.3. The molecule has 1 fully saturated rings. The van der Waals surface area contributed by atoms with E-state index in [1.807, 2.05) is 0 Å². The molecule has 8 heteroatoms. The van der Waals surface area contributed by atoms with Gasteiger partial charge in [0.1, 0.15) is 12.1 Å². The van der Waals surface area contributed by atoms with E-state index in [9.17, 15) is 14.4 Å². The minimum atomic E-state index is -1.01. The van der Waals surface area contributed by atoms with Crippen LogP contribution < -0.4 is 20.2 Å². The van der Waals surface area contributed by atoms with Crippen molar-refractivity contribution >= 4 is 17.8 Å². The summed E-state index contributed by atoms with van der Waals surface area (Å²) in [6.07, 6.45) is -0.528. The molecule has 23 heavy (non-hydrogen) atoms. The number of rotatable bonds is 3. The monoisotopic (exact) mass is 319 g/mol. The summed E-state index contributed by atoms with van der Waals surface area (Å²) in [5.41, 5.74) is 1.28. The van der Waals surface area contributed by atoms with E-state index in [1.54, 1.807) is 38.1 Å². The Morgan fingerprint density at radius 1 is 1.39 bits per heavy atom. The highest BCUT2D eigenvalue weighted by molar-refractivity contribution is 6.07. The van der Waals surface area contributed by atoms with Crippen molar-refractivity contribution in [3.63, 3.8) is 0 Å². The first-order chi connectivity index (χ1) is 10.9. The highest BCUT2D eigenvalue weighted by Gasteiger charge is 2.48. The lowest BCUT2D eigenvalue weighted by atomic mass is 10.00. The Kier molecular flexibility index (Phi) is 3.59. The molecule has 122 valence electrons. The van der Waals surface area contributed by atoms with Gasteiger partial charge in [-0.05, 0) is 25.5 Å². The molecule has 2 unspecified atom stereocenters. The van der Waals surface area contributed by atoms with Gasteiger partial charge in [0.2, 0.25) is 6.10 Å². The van der Waals surface area contributed by atoms with Crippen LogP contribution in [0.25, 0.3) is 0 Å². The normalized spacial score (nSPS) is 26.0. The Morgan fingerprint density at radius 3 is 2.74 bits per heavy atom. The van der Waals surface area contributed by atoms with Crippen molar-refractivity contribution in [3.05, 3.63) is 24.3 Å². The van der Waals surface area contributed by atoms with E-state index in [4.69, 9.17) is 9.47 Å². The van der Waals surface area contributed by atoms with E-state index in [1.165, 1.54) is 0 Å². The predicted octanol–water partition coefficient (Wildman–Crippen LogP) is 0.578. The number of imide groups is 1. The second kappa shape index (κ2) is 5.45. The molecule has 2 aliphatic heterocycles. The largest absolute Gasteiger partial charge is 0.485 e. The molecule has 1 saturated heterocycles. The summed E-state index contributed by atoms with van der Waals surface area (Å²) >= 11 is 0. The number of carbonyl (C=O) groups excluding carboxylic acids is 3. The highest BCUT2D eigenvalue weighted by Crippen LogP contribution is 2.31. The van der Waals surface area contributed by atoms with E-state index >= 15 is 0 Å². The summed E-state index contributed by atoms with van der Waals surface area (Å²) < 4.78 is 11.0. The van der Waals surface area contributed by atoms with E-state index < -0.39 is 29.5 Å². The molecular weight excluding hydrogens is 302 g/mol. The lowest BCUT2D eigenvalue weighted by molar-refractivity contribution is -0.143. The number of urea groups is 1. The number of ether oxygens (including phenoxy) is 2. The Morgan fingerprint density at radius 2 is 2.09 bits per heavy atom. The van der Waals surface area contributed by atoms with Gasteiger partial charge < -0.3 is 14.8 Å². The third-order valence-electron chi connectivity index (χ3n) is 3.99. The number of nitrogens with one attached hydrogen (secondary N) is 2. The Hall–Kier alpha value is -2.77. The zero-order valence-corrected chi connectivity index (χ0v) is 12.8. The first kappa shape index (κ1) is 15.1. The summed E-state index contributed by atoms with van der Waals surface area (Å²) in [7, 11) is 0. The average molecular weight is 319 g/mol. The average Bonchev–Trinajstić information content (AvgIpc) is 2.78. The van der Waals surface area contributed by atoms with Gasteiger partial charge in [-0.25, -0.2) is 4.79 Å². The summed E-state index contributed by atoms with van der Waals surface area (Å²) in [4.78, 5) is 36.4. The van der Waals surface area contributed by atoms with Crippen LogP contribution in [-0.2, 0) is 9.59 Å². The van der Waals surface area contributed by atoms with Gasteiger partial charge >= 0.3 is 6.03 Å². The molecule has 0 radical (unpaired) electrons. The van der Waals surface area contributed by atoms with Gasteiger partial charge in [0.15, 0.2) is 11.5 Å². The smallest absolute Gasteiger partial charge is 0.344 e. The fourth-order valence-corrected chi connectivity index (χ4v) is 2.36. The van der Waals surface area contributed by atoms with Crippen molar-refractivity contribution in [1.82, 2.24) is 15.8 Å². The summed E-state index contributed by atoms with van der Waals surface area (Å²) in [6.45, 7) is 3.38. The van der Waals surface area contributed by atoms with Crippen LogP contribution in [0.5, 0.6) is 11.5 Å². The van der Waals surface area contributed by atoms with Crippen LogP contribution in [0.1, 0.15) is 20.3 Å². The number of nitrogens with zero attached hydrogens (tertiary/aromatic N) is 1. The first-order valence-corrected chi connectivity index (χ1v) is 7.30. The van der Waals surface area contributed by atoms with Crippen LogP contribution in [0.15, 0.2) is 24.3 Å². The standard InChI is InChI=1S/C15H17N3O5/c1-3-15(2)13(20)18(14(21)16-15)17-12(19)11-8-22-9-6-4-5-7-10(9)23-11/h4-7,11H,3,8H2,1-2H3,(H,16,21)(H,17,19). The second-order valence-electron chi connectivity index (χ2n) is 5.60. The number of hydrogen-bond donors (Lipinski definition) is 2. The van der Waals surface area contributed by atoms with Gasteiger partial charge in [0.05, 0.1) is 0 Å². The molecule has 2 atom stereocenters. The van der Waals surface area contributed by atoms with Crippen LogP contribution in [0.3, 0.4) is 0 Å². The maximum absolute atomic E-state index is 12.3. The van der Waals surface area contributed by atoms with Crippen molar-refractivity contribution in [1.29, 1.82) is 0 Å². The maximum Gasteiger partial charge on any atom is 0.344 e. The fraction of sp³-hybridized carbons (Fsp3) is 0.400. The molecule has 0 bridgehead atoms. The number of fused-ring (bicyclic) bond motifs is 1. The van der Waals surface area contributed by atoms with E-state index in [2.05, 4.69) is 10.7 Å². The number of hydrazine groups is 1. The molecule has 2 heterocycles. The van der Waals surface area contributed by atoms with Gasteiger partial charge in [-0.1, -0.05) is 19.1 Å². The number of hydrogen-bond acceptors (Lipinski definition) is 5. The van der Waals surface area contributed by atoms with E-state index in [-0.39, 0.29) is 6.61 Å². The van der Waals surface area contributed by atoms with Crippen LogP contribution in [0.2, 0.25) is 0 Å². The first-order valence-electron chi connectivity index (χ1n) is 7.30. The van der Waals surface area contributed by atoms with Gasteiger partial charge in [0, 0.05) is 0 Å². The lowest BCUT2D eigenvalue weighted by Crippen LogP contribution is -2.54. The zero-order chi connectivity index (χ0) is 16.6. The minimum Gasteiger partial charge on any atom is -0.485 e. The van der Waals surface area contributed by atoms with E-state index in [0.717, 1.165) is 0 Å². The van der Waals surface area contributed by atoms with Gasteiger partial charge in [-0.3, -0.25) is 15.0 Å². The van der Waals surface area contributed by atoms with Gasteiger partial charge in [0.25, 0.3) is 11.8 Å². The molecule has 1 aromatic carbocycles. The summed E-state index contributed by atoms with van der Waals surface area (Å²) in [5, 5.41) is 3.24. The Labute approximate surface area is 132 Å². The van der Waals surface area contributed by atoms with Gasteiger partial charge in [-0.15, -0.1) is 0 Å². The predicted molar refractivity (Wildman–Crippen MR) is 78.6 cm³/mol. The Bertz CT molecular complexity index is 677. The molecule has 1 aromatic rings. The molecule has 2 N–H and O–H groups in total. The molecular formula is C15H17N3O5.